The summed E-state index contributed by atoms with van der Waals surface area (Å²) < 4.78 is 22.8. The molecular weight excluding hydrogens is 1010 g/mol. The van der Waals surface area contributed by atoms with Gasteiger partial charge in [0.15, 0.2) is 12.6 Å². The highest BCUT2D eigenvalue weighted by molar-refractivity contribution is 5.76. The van der Waals surface area contributed by atoms with Gasteiger partial charge >= 0.3 is 0 Å². The summed E-state index contributed by atoms with van der Waals surface area (Å²) in [5.74, 6) is -0.247. The van der Waals surface area contributed by atoms with Gasteiger partial charge < -0.3 is 65.1 Å². The molecule has 2 aliphatic heterocycles. The highest BCUT2D eigenvalue weighted by Crippen LogP contribution is 2.30. The average molecular weight is 1140 g/mol. The molecule has 0 aliphatic carbocycles. The van der Waals surface area contributed by atoms with E-state index >= 15 is 0 Å². The zero-order chi connectivity index (χ0) is 58.1. The molecule has 468 valence electrons. The van der Waals surface area contributed by atoms with Crippen LogP contribution in [-0.2, 0) is 23.7 Å². The van der Waals surface area contributed by atoms with E-state index in [0.29, 0.717) is 12.8 Å². The van der Waals surface area contributed by atoms with Gasteiger partial charge in [-0.2, -0.15) is 0 Å². The molecule has 14 heteroatoms. The fourth-order valence-corrected chi connectivity index (χ4v) is 10.7. The summed E-state index contributed by atoms with van der Waals surface area (Å²) in [7, 11) is 0. The molecule has 0 saturated carbocycles. The predicted molar refractivity (Wildman–Crippen MR) is 323 cm³/mol. The third kappa shape index (κ3) is 35.9. The Labute approximate surface area is 486 Å². The van der Waals surface area contributed by atoms with Gasteiger partial charge in [0.2, 0.25) is 5.91 Å². The van der Waals surface area contributed by atoms with Crippen molar-refractivity contribution in [3.8, 4) is 0 Å². The molecule has 0 aromatic carbocycles. The number of allylic oxidation sites excluding steroid dienone is 7. The minimum Gasteiger partial charge on any atom is -0.394 e. The Morgan fingerprint density at radius 2 is 0.838 bits per heavy atom. The Hall–Kier alpha value is -2.05. The van der Waals surface area contributed by atoms with Crippen molar-refractivity contribution in [3.05, 3.63) is 48.6 Å². The van der Waals surface area contributed by atoms with Gasteiger partial charge in [0, 0.05) is 6.42 Å². The number of carbonyl (C=O) groups is 1. The minimum atomic E-state index is -1.79. The van der Waals surface area contributed by atoms with Crippen LogP contribution in [0, 0.1) is 0 Å². The SMILES string of the molecule is CCCCCCC/C=C\C/C=C\CCCCCCCCCCCCCCCCCC(=O)NC(COC1OC(CO)C(OC2OC(CO)C(O)C(O)C2O)C(O)C1O)C(O)/C=C/CC/C=C/CCCCCCCCCCCCCCC. The first-order chi connectivity index (χ1) is 39.1. The maximum atomic E-state index is 13.3. The summed E-state index contributed by atoms with van der Waals surface area (Å²) in [6, 6.07) is -0.932. The molecule has 2 heterocycles. The summed E-state index contributed by atoms with van der Waals surface area (Å²) >= 11 is 0. The van der Waals surface area contributed by atoms with Crippen molar-refractivity contribution in [1.29, 1.82) is 0 Å². The van der Waals surface area contributed by atoms with Crippen LogP contribution in [0.1, 0.15) is 271 Å². The van der Waals surface area contributed by atoms with Gasteiger partial charge in [-0.15, -0.1) is 0 Å². The molecule has 2 aliphatic rings. The van der Waals surface area contributed by atoms with E-state index in [9.17, 15) is 45.6 Å². The van der Waals surface area contributed by atoms with Crippen LogP contribution in [0.2, 0.25) is 0 Å². The van der Waals surface area contributed by atoms with Crippen LogP contribution in [0.4, 0.5) is 0 Å². The van der Waals surface area contributed by atoms with Gasteiger partial charge in [0.25, 0.3) is 0 Å². The minimum absolute atomic E-state index is 0.247. The first-order valence-electron chi connectivity index (χ1n) is 32.9. The molecule has 0 bridgehead atoms. The predicted octanol–water partition coefficient (Wildman–Crippen LogP) is 12.3. The number of unbranched alkanes of at least 4 members (excludes halogenated alkanes) is 34. The van der Waals surface area contributed by atoms with E-state index in [2.05, 4.69) is 55.6 Å². The number of carbonyl (C=O) groups excluding carboxylic acids is 1. The van der Waals surface area contributed by atoms with Crippen LogP contribution in [0.15, 0.2) is 48.6 Å². The van der Waals surface area contributed by atoms with Crippen molar-refractivity contribution >= 4 is 5.91 Å². The molecule has 12 atom stereocenters. The van der Waals surface area contributed by atoms with E-state index in [4.69, 9.17) is 18.9 Å². The molecule has 0 spiro atoms. The molecule has 0 aromatic heterocycles. The molecule has 80 heavy (non-hydrogen) atoms. The number of aliphatic hydroxyl groups excluding tert-OH is 8. The lowest BCUT2D eigenvalue weighted by Gasteiger charge is -2.46. The third-order valence-electron chi connectivity index (χ3n) is 16.0. The Morgan fingerprint density at radius 1 is 0.450 bits per heavy atom. The van der Waals surface area contributed by atoms with Crippen LogP contribution in [0.5, 0.6) is 0 Å². The standard InChI is InChI=1S/C66H121NO13/c1-3-5-7-9-11-13-15-17-19-21-23-24-25-26-27-28-29-30-32-34-36-38-40-42-44-46-48-50-58(71)67-54(55(70)49-47-45-43-41-39-37-35-33-31-22-20-18-16-14-12-10-8-6-4-2)53-77-65-63(76)61(74)64(57(52-69)79-65)80-66-62(75)60(73)59(72)56(51-68)78-66/h15,17,21,23,39,41,47,49,54-57,59-66,68-70,72-76H,3-14,16,18-20,22,24-38,40,42-46,48,50-53H2,1-2H3,(H,67,71)/b17-15-,23-21-,41-39+,49-47+. The maximum absolute atomic E-state index is 13.3. The van der Waals surface area contributed by atoms with Crippen LogP contribution in [-0.4, -0.2) is 140 Å². The van der Waals surface area contributed by atoms with Crippen LogP contribution in [0.25, 0.3) is 0 Å². The van der Waals surface area contributed by atoms with E-state index in [0.717, 1.165) is 38.5 Å². The number of hydrogen-bond acceptors (Lipinski definition) is 13. The quantitative estimate of drug-likeness (QED) is 0.0204. The van der Waals surface area contributed by atoms with Gasteiger partial charge in [-0.1, -0.05) is 249 Å². The molecular formula is C66H121NO13. The molecule has 2 rings (SSSR count). The van der Waals surface area contributed by atoms with E-state index < -0.39 is 86.8 Å². The summed E-state index contributed by atoms with van der Waals surface area (Å²) in [5.41, 5.74) is 0. The zero-order valence-corrected chi connectivity index (χ0v) is 50.6. The van der Waals surface area contributed by atoms with E-state index in [1.54, 1.807) is 6.08 Å². The summed E-state index contributed by atoms with van der Waals surface area (Å²) in [6.07, 6.45) is 48.7. The second kappa shape index (κ2) is 51.4. The first kappa shape index (κ1) is 74.1. The summed E-state index contributed by atoms with van der Waals surface area (Å²) in [5, 5.41) is 87.2. The second-order valence-corrected chi connectivity index (χ2v) is 23.2. The zero-order valence-electron chi connectivity index (χ0n) is 50.6. The Bertz CT molecular complexity index is 1530. The van der Waals surface area contributed by atoms with Crippen molar-refractivity contribution < 1.29 is 64.6 Å². The lowest BCUT2D eigenvalue weighted by Crippen LogP contribution is -2.65. The molecule has 2 fully saturated rings. The van der Waals surface area contributed by atoms with Gasteiger partial charge in [-0.05, 0) is 64.2 Å². The fourth-order valence-electron chi connectivity index (χ4n) is 10.7. The number of nitrogens with one attached hydrogen (secondary N) is 1. The number of amides is 1. The van der Waals surface area contributed by atoms with E-state index in [-0.39, 0.29) is 18.9 Å². The summed E-state index contributed by atoms with van der Waals surface area (Å²) in [6.45, 7) is 2.80. The van der Waals surface area contributed by atoms with Crippen molar-refractivity contribution in [2.45, 2.75) is 344 Å². The highest BCUT2D eigenvalue weighted by atomic mass is 16.7. The van der Waals surface area contributed by atoms with Crippen LogP contribution in [0.3, 0.4) is 0 Å². The van der Waals surface area contributed by atoms with Crippen LogP contribution < -0.4 is 5.32 Å². The Kier molecular flexibility index (Phi) is 47.6. The molecule has 9 N–H and O–H groups in total. The molecule has 1 amide bonds. The lowest BCUT2D eigenvalue weighted by molar-refractivity contribution is -0.359. The van der Waals surface area contributed by atoms with Gasteiger partial charge in [-0.3, -0.25) is 4.79 Å². The van der Waals surface area contributed by atoms with E-state index in [1.165, 1.54) is 199 Å². The normalized spacial score (nSPS) is 24.5. The number of ether oxygens (including phenoxy) is 4. The molecule has 0 radical (unpaired) electrons. The average Bonchev–Trinajstić information content (AvgIpc) is 3.49. The largest absolute Gasteiger partial charge is 0.394 e. The Balaban J connectivity index is 1.71. The van der Waals surface area contributed by atoms with Crippen LogP contribution >= 0.6 is 0 Å². The smallest absolute Gasteiger partial charge is 0.220 e. The number of aliphatic hydroxyl groups is 8. The molecule has 0 aromatic rings. The van der Waals surface area contributed by atoms with Gasteiger partial charge in [0.1, 0.15) is 48.8 Å². The molecule has 14 nitrogen and oxygen atoms in total. The topological polar surface area (TPSA) is 228 Å². The van der Waals surface area contributed by atoms with E-state index in [1.807, 2.05) is 6.08 Å². The third-order valence-corrected chi connectivity index (χ3v) is 16.0. The fraction of sp³-hybridized carbons (Fsp3) is 0.864. The molecule has 12 unspecified atom stereocenters. The highest BCUT2D eigenvalue weighted by Gasteiger charge is 2.51. The van der Waals surface area contributed by atoms with Crippen molar-refractivity contribution in [2.75, 3.05) is 19.8 Å². The number of rotatable bonds is 53. The summed E-state index contributed by atoms with van der Waals surface area (Å²) in [4.78, 5) is 13.3. The van der Waals surface area contributed by atoms with Gasteiger partial charge in [-0.25, -0.2) is 0 Å². The maximum Gasteiger partial charge on any atom is 0.220 e. The van der Waals surface area contributed by atoms with Gasteiger partial charge in [0.05, 0.1) is 32.0 Å². The molecule has 2 saturated heterocycles. The lowest BCUT2D eigenvalue weighted by atomic mass is 9.97. The first-order valence-corrected chi connectivity index (χ1v) is 32.9. The Morgan fingerprint density at radius 3 is 1.30 bits per heavy atom. The number of hydrogen-bond donors (Lipinski definition) is 9. The monoisotopic (exact) mass is 1140 g/mol. The van der Waals surface area contributed by atoms with Crippen molar-refractivity contribution in [1.82, 2.24) is 5.32 Å². The second-order valence-electron chi connectivity index (χ2n) is 23.2. The van der Waals surface area contributed by atoms with Crippen molar-refractivity contribution in [2.24, 2.45) is 0 Å². The van der Waals surface area contributed by atoms with Crippen molar-refractivity contribution in [3.63, 3.8) is 0 Å².